The number of rotatable bonds is 6. The molecule has 0 aromatic heterocycles. The molecule has 3 aliphatic rings. The van der Waals surface area contributed by atoms with Crippen LogP contribution in [0.15, 0.2) is 24.3 Å². The quantitative estimate of drug-likeness (QED) is 0.689. The topological polar surface area (TPSA) is 73.0 Å². The molecule has 7 heteroatoms. The van der Waals surface area contributed by atoms with Crippen molar-refractivity contribution in [2.45, 2.75) is 70.4 Å². The summed E-state index contributed by atoms with van der Waals surface area (Å²) < 4.78 is 0. The van der Waals surface area contributed by atoms with Gasteiger partial charge in [-0.2, -0.15) is 0 Å². The van der Waals surface area contributed by atoms with E-state index in [0.29, 0.717) is 23.6 Å². The predicted molar refractivity (Wildman–Crippen MR) is 125 cm³/mol. The van der Waals surface area contributed by atoms with E-state index in [1.165, 1.54) is 38.8 Å². The highest BCUT2D eigenvalue weighted by Crippen LogP contribution is 2.31. The molecule has 0 unspecified atom stereocenters. The SMILES string of the molecule is CC(C)c1ccc(N2C(=O)N[C@H](CC(=O)N(C)C[C@@H]3CCCN4CCCC[C@H]34)C2=O)cc1. The Morgan fingerprint density at radius 3 is 2.53 bits per heavy atom. The largest absolute Gasteiger partial charge is 0.345 e. The standard InChI is InChI=1S/C25H36N4O3/c1-17(2)18-9-11-20(12-10-18)29-24(31)21(26-25(29)32)15-23(30)27(3)16-19-7-6-14-28-13-5-4-8-22(19)28/h9-12,17,19,21-22H,4-8,13-16H2,1-3H3,(H,26,32)/t19-,21+,22+/m0/s1. The fraction of sp³-hybridized carbons (Fsp3) is 0.640. The average Bonchev–Trinajstić information content (AvgIpc) is 3.06. The molecule has 3 fully saturated rings. The highest BCUT2D eigenvalue weighted by molar-refractivity contribution is 6.22. The number of piperidine rings is 2. The highest BCUT2D eigenvalue weighted by atomic mass is 16.2. The van der Waals surface area contributed by atoms with E-state index < -0.39 is 12.1 Å². The Bertz CT molecular complexity index is 851. The molecule has 3 saturated heterocycles. The summed E-state index contributed by atoms with van der Waals surface area (Å²) in [5, 5.41) is 2.71. The minimum atomic E-state index is -0.806. The Morgan fingerprint density at radius 2 is 1.81 bits per heavy atom. The van der Waals surface area contributed by atoms with Gasteiger partial charge in [0, 0.05) is 19.6 Å². The van der Waals surface area contributed by atoms with Crippen molar-refractivity contribution in [3.63, 3.8) is 0 Å². The van der Waals surface area contributed by atoms with E-state index in [9.17, 15) is 14.4 Å². The average molecular weight is 441 g/mol. The van der Waals surface area contributed by atoms with E-state index in [-0.39, 0.29) is 18.2 Å². The summed E-state index contributed by atoms with van der Waals surface area (Å²) in [7, 11) is 1.83. The fourth-order valence-corrected chi connectivity index (χ4v) is 5.50. The zero-order valence-electron chi connectivity index (χ0n) is 19.5. The van der Waals surface area contributed by atoms with Crippen LogP contribution < -0.4 is 10.2 Å². The van der Waals surface area contributed by atoms with Gasteiger partial charge in [-0.25, -0.2) is 9.69 Å². The Labute approximate surface area is 191 Å². The van der Waals surface area contributed by atoms with E-state index >= 15 is 0 Å². The summed E-state index contributed by atoms with van der Waals surface area (Å²) in [5.74, 6) is 0.416. The van der Waals surface area contributed by atoms with Crippen LogP contribution in [-0.2, 0) is 9.59 Å². The van der Waals surface area contributed by atoms with Gasteiger partial charge in [0.25, 0.3) is 5.91 Å². The van der Waals surface area contributed by atoms with Crippen LogP contribution in [0.4, 0.5) is 10.5 Å². The summed E-state index contributed by atoms with van der Waals surface area (Å²) >= 11 is 0. The predicted octanol–water partition coefficient (Wildman–Crippen LogP) is 3.35. The van der Waals surface area contributed by atoms with Crippen LogP contribution in [0.25, 0.3) is 0 Å². The number of benzene rings is 1. The number of imide groups is 1. The number of hydrogen-bond donors (Lipinski definition) is 1. The number of amides is 4. The first-order valence-electron chi connectivity index (χ1n) is 12.1. The molecule has 3 atom stereocenters. The van der Waals surface area contributed by atoms with E-state index in [1.54, 1.807) is 17.0 Å². The van der Waals surface area contributed by atoms with Crippen molar-refractivity contribution in [1.29, 1.82) is 0 Å². The normalized spacial score (nSPS) is 26.2. The van der Waals surface area contributed by atoms with Gasteiger partial charge in [-0.05, 0) is 68.3 Å². The van der Waals surface area contributed by atoms with E-state index in [0.717, 1.165) is 23.4 Å². The molecule has 3 aliphatic heterocycles. The summed E-state index contributed by atoms with van der Waals surface area (Å²) in [6.45, 7) is 7.26. The Morgan fingerprint density at radius 1 is 1.09 bits per heavy atom. The maximum atomic E-state index is 12.9. The molecule has 0 radical (unpaired) electrons. The van der Waals surface area contributed by atoms with Crippen LogP contribution in [-0.4, -0.2) is 66.4 Å². The first-order chi connectivity index (χ1) is 15.3. The maximum Gasteiger partial charge on any atom is 0.329 e. The van der Waals surface area contributed by atoms with Gasteiger partial charge in [0.15, 0.2) is 0 Å². The minimum absolute atomic E-state index is 0.00273. The summed E-state index contributed by atoms with van der Waals surface area (Å²) in [6.07, 6.45) is 6.10. The Kier molecular flexibility index (Phi) is 6.84. The van der Waals surface area contributed by atoms with Gasteiger partial charge in [-0.3, -0.25) is 9.59 Å². The summed E-state index contributed by atoms with van der Waals surface area (Å²) in [5.41, 5.74) is 1.69. The molecule has 3 heterocycles. The molecule has 1 aromatic rings. The lowest BCUT2D eigenvalue weighted by Gasteiger charge is -2.45. The van der Waals surface area contributed by atoms with Crippen LogP contribution in [0, 0.1) is 5.92 Å². The summed E-state index contributed by atoms with van der Waals surface area (Å²) in [4.78, 5) is 43.9. The number of hydrogen-bond acceptors (Lipinski definition) is 4. The number of carbonyl (C=O) groups excluding carboxylic acids is 3. The van der Waals surface area contributed by atoms with Gasteiger partial charge in [-0.15, -0.1) is 0 Å². The van der Waals surface area contributed by atoms with Crippen molar-refractivity contribution in [3.05, 3.63) is 29.8 Å². The van der Waals surface area contributed by atoms with Crippen LogP contribution in [0.3, 0.4) is 0 Å². The van der Waals surface area contributed by atoms with E-state index in [4.69, 9.17) is 0 Å². The van der Waals surface area contributed by atoms with Crippen LogP contribution in [0.5, 0.6) is 0 Å². The third-order valence-electron chi connectivity index (χ3n) is 7.38. The molecular weight excluding hydrogens is 404 g/mol. The van der Waals surface area contributed by atoms with Gasteiger partial charge in [-0.1, -0.05) is 32.4 Å². The smallest absolute Gasteiger partial charge is 0.329 e. The number of carbonyl (C=O) groups is 3. The van der Waals surface area contributed by atoms with Gasteiger partial charge in [0.05, 0.1) is 12.1 Å². The Balaban J connectivity index is 1.35. The number of anilines is 1. The highest BCUT2D eigenvalue weighted by Gasteiger charge is 2.41. The van der Waals surface area contributed by atoms with Crippen molar-refractivity contribution in [2.24, 2.45) is 5.92 Å². The van der Waals surface area contributed by atoms with Gasteiger partial charge >= 0.3 is 6.03 Å². The summed E-state index contributed by atoms with van der Waals surface area (Å²) in [6, 6.07) is 6.77. The van der Waals surface area contributed by atoms with Crippen LogP contribution in [0.2, 0.25) is 0 Å². The van der Waals surface area contributed by atoms with Crippen molar-refractivity contribution in [1.82, 2.24) is 15.1 Å². The third-order valence-corrected chi connectivity index (χ3v) is 7.38. The minimum Gasteiger partial charge on any atom is -0.345 e. The second-order valence-electron chi connectivity index (χ2n) is 9.90. The zero-order valence-corrected chi connectivity index (χ0v) is 19.5. The lowest BCUT2D eigenvalue weighted by molar-refractivity contribution is -0.133. The van der Waals surface area contributed by atoms with E-state index in [2.05, 4.69) is 24.1 Å². The maximum absolute atomic E-state index is 12.9. The van der Waals surface area contributed by atoms with Gasteiger partial charge < -0.3 is 15.1 Å². The second kappa shape index (κ2) is 9.61. The lowest BCUT2D eigenvalue weighted by atomic mass is 9.83. The van der Waals surface area contributed by atoms with E-state index in [1.807, 2.05) is 19.2 Å². The molecule has 0 bridgehead atoms. The molecule has 0 aliphatic carbocycles. The molecule has 0 saturated carbocycles. The Hall–Kier alpha value is -2.41. The second-order valence-corrected chi connectivity index (χ2v) is 9.90. The molecule has 32 heavy (non-hydrogen) atoms. The first kappa shape index (κ1) is 22.8. The molecule has 174 valence electrons. The van der Waals surface area contributed by atoms with Crippen molar-refractivity contribution < 1.29 is 14.4 Å². The number of nitrogens with zero attached hydrogens (tertiary/aromatic N) is 3. The molecule has 7 nitrogen and oxygen atoms in total. The monoisotopic (exact) mass is 440 g/mol. The lowest BCUT2D eigenvalue weighted by Crippen LogP contribution is -2.51. The third kappa shape index (κ3) is 4.68. The first-order valence-corrected chi connectivity index (χ1v) is 12.1. The van der Waals surface area contributed by atoms with Crippen molar-refractivity contribution in [2.75, 3.05) is 31.6 Å². The molecule has 4 rings (SSSR count). The van der Waals surface area contributed by atoms with Crippen molar-refractivity contribution in [3.8, 4) is 0 Å². The number of nitrogens with one attached hydrogen (secondary N) is 1. The number of fused-ring (bicyclic) bond motifs is 1. The van der Waals surface area contributed by atoms with Gasteiger partial charge in [0.1, 0.15) is 6.04 Å². The molecule has 1 N–H and O–H groups in total. The molecular formula is C25H36N4O3. The molecule has 0 spiro atoms. The zero-order chi connectivity index (χ0) is 22.8. The number of urea groups is 1. The van der Waals surface area contributed by atoms with Crippen LogP contribution in [0.1, 0.15) is 63.9 Å². The van der Waals surface area contributed by atoms with Crippen LogP contribution >= 0.6 is 0 Å². The van der Waals surface area contributed by atoms with Crippen molar-refractivity contribution >= 4 is 23.5 Å². The fourth-order valence-electron chi connectivity index (χ4n) is 5.50. The van der Waals surface area contributed by atoms with Gasteiger partial charge in [0.2, 0.25) is 5.91 Å². The molecule has 1 aromatic carbocycles. The molecule has 4 amide bonds.